The van der Waals surface area contributed by atoms with Gasteiger partial charge in [-0.3, -0.25) is 9.59 Å². The molecule has 19 heavy (non-hydrogen) atoms. The molecule has 2 amide bonds. The van der Waals surface area contributed by atoms with E-state index in [1.165, 1.54) is 0 Å². The molecular weight excluding hydrogens is 242 g/mol. The highest BCUT2D eigenvalue weighted by Crippen LogP contribution is 2.39. The van der Waals surface area contributed by atoms with E-state index in [0.29, 0.717) is 12.1 Å². The molecule has 3 fully saturated rings. The van der Waals surface area contributed by atoms with Gasteiger partial charge < -0.3 is 14.7 Å². The molecule has 2 heterocycles. The second kappa shape index (κ2) is 4.25. The van der Waals surface area contributed by atoms with Crippen molar-refractivity contribution in [3.05, 3.63) is 11.8 Å². The average Bonchev–Trinajstić information content (AvgIpc) is 2.73. The molecule has 0 N–H and O–H groups in total. The van der Waals surface area contributed by atoms with E-state index in [0.717, 1.165) is 31.5 Å². The number of fused-ring (bicyclic) bond motifs is 4. The summed E-state index contributed by atoms with van der Waals surface area (Å²) in [5.74, 6) is 0.170. The predicted octanol–water partition coefficient (Wildman–Crippen LogP) is 0.774. The average molecular weight is 263 g/mol. The van der Waals surface area contributed by atoms with Gasteiger partial charge in [0, 0.05) is 26.1 Å². The van der Waals surface area contributed by atoms with Crippen LogP contribution in [-0.4, -0.2) is 58.4 Å². The van der Waals surface area contributed by atoms with Crippen molar-refractivity contribution in [1.82, 2.24) is 14.7 Å². The minimum atomic E-state index is -0.0788. The van der Waals surface area contributed by atoms with Gasteiger partial charge in [0.1, 0.15) is 6.17 Å². The van der Waals surface area contributed by atoms with Crippen LogP contribution in [-0.2, 0) is 9.59 Å². The maximum atomic E-state index is 12.6. The molecule has 2 aliphatic heterocycles. The van der Waals surface area contributed by atoms with Crippen molar-refractivity contribution >= 4 is 11.8 Å². The predicted molar refractivity (Wildman–Crippen MR) is 71.0 cm³/mol. The maximum absolute atomic E-state index is 12.6. The highest BCUT2D eigenvalue weighted by molar-refractivity contribution is 5.94. The molecule has 2 bridgehead atoms. The molecule has 2 saturated heterocycles. The summed E-state index contributed by atoms with van der Waals surface area (Å²) < 4.78 is 0. The highest BCUT2D eigenvalue weighted by Gasteiger charge is 2.51. The summed E-state index contributed by atoms with van der Waals surface area (Å²) in [5.41, 5.74) is 0.755. The van der Waals surface area contributed by atoms with Crippen molar-refractivity contribution in [2.75, 3.05) is 13.6 Å². The Morgan fingerprint density at radius 2 is 2.00 bits per heavy atom. The van der Waals surface area contributed by atoms with Gasteiger partial charge in [0.2, 0.25) is 5.91 Å². The first-order chi connectivity index (χ1) is 9.04. The van der Waals surface area contributed by atoms with Gasteiger partial charge >= 0.3 is 0 Å². The zero-order valence-corrected chi connectivity index (χ0v) is 11.8. The third-order valence-electron chi connectivity index (χ3n) is 4.75. The van der Waals surface area contributed by atoms with E-state index in [9.17, 15) is 9.59 Å². The molecule has 3 rings (SSSR count). The SMILES string of the molecule is CC=C1C(=O)N2C3CCC(C3)N(C(C)=O)C2CN1C. The van der Waals surface area contributed by atoms with Gasteiger partial charge in [0.15, 0.2) is 0 Å². The summed E-state index contributed by atoms with van der Waals surface area (Å²) in [5, 5.41) is 0. The molecule has 3 aliphatic rings. The number of likely N-dealkylation sites (N-methyl/N-ethyl adjacent to an activating group) is 1. The number of nitrogens with zero attached hydrogens (tertiary/aromatic N) is 3. The Hall–Kier alpha value is -1.52. The summed E-state index contributed by atoms with van der Waals surface area (Å²) in [6.07, 6.45) is 4.79. The lowest BCUT2D eigenvalue weighted by atomic mass is 10.0. The molecule has 0 aromatic carbocycles. The monoisotopic (exact) mass is 263 g/mol. The number of piperazine rings is 1. The summed E-state index contributed by atoms with van der Waals surface area (Å²) in [6, 6.07) is 0.652. The Labute approximate surface area is 113 Å². The van der Waals surface area contributed by atoms with Crippen molar-refractivity contribution in [3.63, 3.8) is 0 Å². The van der Waals surface area contributed by atoms with Crippen molar-refractivity contribution in [1.29, 1.82) is 0 Å². The molecule has 5 nitrogen and oxygen atoms in total. The van der Waals surface area contributed by atoms with Gasteiger partial charge in [-0.05, 0) is 26.2 Å². The van der Waals surface area contributed by atoms with Crippen LogP contribution in [0.4, 0.5) is 0 Å². The molecule has 1 saturated carbocycles. The number of amides is 2. The molecular formula is C14H21N3O2. The van der Waals surface area contributed by atoms with Crippen LogP contribution >= 0.6 is 0 Å². The largest absolute Gasteiger partial charge is 0.366 e. The van der Waals surface area contributed by atoms with Crippen LogP contribution in [0.15, 0.2) is 11.8 Å². The molecule has 0 aromatic heterocycles. The van der Waals surface area contributed by atoms with E-state index < -0.39 is 0 Å². The topological polar surface area (TPSA) is 43.9 Å². The molecule has 3 unspecified atom stereocenters. The normalized spacial score (nSPS) is 35.9. The summed E-state index contributed by atoms with van der Waals surface area (Å²) in [7, 11) is 1.93. The van der Waals surface area contributed by atoms with Gasteiger partial charge in [-0.15, -0.1) is 0 Å². The summed E-state index contributed by atoms with van der Waals surface area (Å²) in [4.78, 5) is 30.5. The fraction of sp³-hybridized carbons (Fsp3) is 0.714. The van der Waals surface area contributed by atoms with Crippen LogP contribution < -0.4 is 0 Å². The number of hydrogen-bond acceptors (Lipinski definition) is 3. The van der Waals surface area contributed by atoms with Gasteiger partial charge in [0.05, 0.1) is 12.2 Å². The van der Waals surface area contributed by atoms with E-state index in [4.69, 9.17) is 0 Å². The van der Waals surface area contributed by atoms with Crippen LogP contribution in [0.5, 0.6) is 0 Å². The third-order valence-corrected chi connectivity index (χ3v) is 4.75. The van der Waals surface area contributed by atoms with Gasteiger partial charge in [0.25, 0.3) is 5.91 Å². The lowest BCUT2D eigenvalue weighted by molar-refractivity contribution is -0.159. The number of carbonyl (C=O) groups excluding carboxylic acids is 2. The van der Waals surface area contributed by atoms with E-state index >= 15 is 0 Å². The highest BCUT2D eigenvalue weighted by atomic mass is 16.2. The first-order valence-electron chi connectivity index (χ1n) is 7.03. The van der Waals surface area contributed by atoms with Crippen molar-refractivity contribution < 1.29 is 9.59 Å². The number of allylic oxidation sites excluding steroid dienone is 1. The zero-order valence-electron chi connectivity index (χ0n) is 11.8. The van der Waals surface area contributed by atoms with Crippen LogP contribution in [0.3, 0.4) is 0 Å². The first kappa shape index (κ1) is 12.5. The van der Waals surface area contributed by atoms with Crippen LogP contribution in [0.25, 0.3) is 0 Å². The summed E-state index contributed by atoms with van der Waals surface area (Å²) >= 11 is 0. The molecule has 0 spiro atoms. The number of carbonyl (C=O) groups is 2. The van der Waals surface area contributed by atoms with E-state index in [2.05, 4.69) is 0 Å². The second-order valence-electron chi connectivity index (χ2n) is 5.79. The minimum absolute atomic E-state index is 0.0788. The number of rotatable bonds is 0. The van der Waals surface area contributed by atoms with Crippen LogP contribution in [0, 0.1) is 0 Å². The van der Waals surface area contributed by atoms with Crippen LogP contribution in [0.2, 0.25) is 0 Å². The summed E-state index contributed by atoms with van der Waals surface area (Å²) in [6.45, 7) is 4.23. The van der Waals surface area contributed by atoms with E-state index in [1.807, 2.05) is 34.7 Å². The lowest BCUT2D eigenvalue weighted by Crippen LogP contribution is -2.68. The molecule has 3 atom stereocenters. The first-order valence-corrected chi connectivity index (χ1v) is 7.03. The number of hydrogen-bond donors (Lipinski definition) is 0. The van der Waals surface area contributed by atoms with Crippen molar-refractivity contribution in [2.24, 2.45) is 0 Å². The maximum Gasteiger partial charge on any atom is 0.271 e. The van der Waals surface area contributed by atoms with Crippen molar-refractivity contribution in [2.45, 2.75) is 51.4 Å². The van der Waals surface area contributed by atoms with Gasteiger partial charge in [-0.2, -0.15) is 0 Å². The van der Waals surface area contributed by atoms with Gasteiger partial charge in [-0.1, -0.05) is 6.08 Å². The van der Waals surface area contributed by atoms with Crippen molar-refractivity contribution in [3.8, 4) is 0 Å². The Morgan fingerprint density at radius 1 is 1.32 bits per heavy atom. The molecule has 1 aliphatic carbocycles. The van der Waals surface area contributed by atoms with Crippen LogP contribution in [0.1, 0.15) is 33.1 Å². The molecule has 0 aromatic rings. The Morgan fingerprint density at radius 3 is 2.63 bits per heavy atom. The minimum Gasteiger partial charge on any atom is -0.366 e. The Balaban J connectivity index is 2.00. The molecule has 0 radical (unpaired) electrons. The third kappa shape index (κ3) is 1.67. The Bertz CT molecular complexity index is 460. The fourth-order valence-corrected chi connectivity index (χ4v) is 3.99. The van der Waals surface area contributed by atoms with E-state index in [-0.39, 0.29) is 18.0 Å². The second-order valence-corrected chi connectivity index (χ2v) is 5.79. The molecule has 104 valence electrons. The van der Waals surface area contributed by atoms with Gasteiger partial charge in [-0.25, -0.2) is 0 Å². The standard InChI is InChI=1S/C14H21N3O2/c1-4-12-14(19)17-11-6-5-10(7-11)16(9(2)18)13(17)8-15(12)3/h4,10-11,13H,5-8H2,1-3H3. The quantitative estimate of drug-likeness (QED) is 0.606. The Kier molecular flexibility index (Phi) is 2.80. The lowest BCUT2D eigenvalue weighted by Gasteiger charge is -2.52. The smallest absolute Gasteiger partial charge is 0.271 e. The molecule has 5 heteroatoms. The zero-order chi connectivity index (χ0) is 13.7. The van der Waals surface area contributed by atoms with E-state index in [1.54, 1.807) is 6.92 Å². The fourth-order valence-electron chi connectivity index (χ4n) is 3.99.